The van der Waals surface area contributed by atoms with Crippen LogP contribution < -0.4 is 11.3 Å². The molecule has 3 aromatic rings. The summed E-state index contributed by atoms with van der Waals surface area (Å²) >= 11 is 0. The number of pyridine rings is 1. The summed E-state index contributed by atoms with van der Waals surface area (Å²) in [6.07, 6.45) is -4.10. The largest absolute Gasteiger partial charge is 0.417 e. The Labute approximate surface area is 129 Å². The fraction of sp³-hybridized carbons (Fsp3) is 0.118. The van der Waals surface area contributed by atoms with Crippen molar-refractivity contribution in [3.8, 4) is 0 Å². The van der Waals surface area contributed by atoms with Crippen molar-refractivity contribution in [1.82, 2.24) is 4.98 Å². The van der Waals surface area contributed by atoms with Crippen LogP contribution in [-0.4, -0.2) is 4.98 Å². The lowest BCUT2D eigenvalue weighted by Crippen LogP contribution is -2.14. The van der Waals surface area contributed by atoms with Crippen molar-refractivity contribution < 1.29 is 13.2 Å². The number of alkyl halides is 3. The van der Waals surface area contributed by atoms with Crippen molar-refractivity contribution in [2.24, 2.45) is 0 Å². The van der Waals surface area contributed by atoms with Crippen LogP contribution in [0.5, 0.6) is 0 Å². The molecule has 0 saturated carbocycles. The minimum Gasteiger partial charge on any atom is -0.399 e. The van der Waals surface area contributed by atoms with E-state index in [4.69, 9.17) is 5.73 Å². The topological polar surface area (TPSA) is 58.9 Å². The minimum atomic E-state index is -4.58. The second-order valence-corrected chi connectivity index (χ2v) is 5.34. The number of nitrogen functional groups attached to an aromatic ring is 1. The highest BCUT2D eigenvalue weighted by Gasteiger charge is 2.33. The molecule has 2 aromatic carbocycles. The highest BCUT2D eigenvalue weighted by atomic mass is 19.4. The fourth-order valence-corrected chi connectivity index (χ4v) is 2.52. The second kappa shape index (κ2) is 5.46. The van der Waals surface area contributed by atoms with Crippen LogP contribution in [0.25, 0.3) is 10.9 Å². The number of fused-ring (bicyclic) bond motifs is 1. The fourth-order valence-electron chi connectivity index (χ4n) is 2.52. The Kier molecular flexibility index (Phi) is 3.60. The van der Waals surface area contributed by atoms with Gasteiger partial charge in [-0.2, -0.15) is 13.2 Å². The van der Waals surface area contributed by atoms with Crippen molar-refractivity contribution in [2.45, 2.75) is 12.6 Å². The van der Waals surface area contributed by atoms with E-state index < -0.39 is 17.3 Å². The van der Waals surface area contributed by atoms with Gasteiger partial charge in [0.15, 0.2) is 0 Å². The molecule has 1 aromatic heterocycles. The van der Waals surface area contributed by atoms with Crippen LogP contribution in [0, 0.1) is 0 Å². The maximum Gasteiger partial charge on any atom is 0.417 e. The zero-order valence-corrected chi connectivity index (χ0v) is 11.9. The van der Waals surface area contributed by atoms with Crippen molar-refractivity contribution in [3.05, 3.63) is 75.6 Å². The Morgan fingerprint density at radius 2 is 1.61 bits per heavy atom. The third-order valence-corrected chi connectivity index (χ3v) is 3.60. The summed E-state index contributed by atoms with van der Waals surface area (Å²) in [5.74, 6) is 0. The van der Waals surface area contributed by atoms with Crippen molar-refractivity contribution in [3.63, 3.8) is 0 Å². The summed E-state index contributed by atoms with van der Waals surface area (Å²) in [5.41, 5.74) is 6.39. The molecule has 0 aliphatic rings. The molecular formula is C17H13F3N2O. The minimum absolute atomic E-state index is 0.00922. The molecule has 0 aliphatic carbocycles. The van der Waals surface area contributed by atoms with Crippen molar-refractivity contribution in [2.75, 3.05) is 5.73 Å². The summed E-state index contributed by atoms with van der Waals surface area (Å²) < 4.78 is 39.4. The monoisotopic (exact) mass is 318 g/mol. The molecule has 0 fully saturated rings. The van der Waals surface area contributed by atoms with Gasteiger partial charge < -0.3 is 10.7 Å². The van der Waals surface area contributed by atoms with Crippen LogP contribution in [0.15, 0.2) is 53.3 Å². The first-order valence-electron chi connectivity index (χ1n) is 6.90. The standard InChI is InChI=1S/C17H13F3N2O/c18-17(19,20)14-9-16(23)22-15-6-3-11(8-13(14)15)7-10-1-4-12(21)5-2-10/h1-6,8-9H,7,21H2,(H,22,23). The number of nitrogens with two attached hydrogens (primary N) is 1. The second-order valence-electron chi connectivity index (χ2n) is 5.34. The van der Waals surface area contributed by atoms with E-state index in [0.29, 0.717) is 18.2 Å². The first-order valence-corrected chi connectivity index (χ1v) is 6.90. The number of rotatable bonds is 2. The van der Waals surface area contributed by atoms with Gasteiger partial charge in [-0.15, -0.1) is 0 Å². The molecule has 3 rings (SSSR count). The molecular weight excluding hydrogens is 305 g/mol. The highest BCUT2D eigenvalue weighted by Crippen LogP contribution is 2.33. The van der Waals surface area contributed by atoms with Crippen LogP contribution in [0.2, 0.25) is 0 Å². The molecule has 0 spiro atoms. The summed E-state index contributed by atoms with van der Waals surface area (Å²) in [6.45, 7) is 0. The predicted molar refractivity (Wildman–Crippen MR) is 83.2 cm³/mol. The van der Waals surface area contributed by atoms with Crippen LogP contribution in [0.4, 0.5) is 18.9 Å². The number of hydrogen-bond donors (Lipinski definition) is 2. The third kappa shape index (κ3) is 3.21. The summed E-state index contributed by atoms with van der Waals surface area (Å²) in [5, 5.41) is -0.00922. The lowest BCUT2D eigenvalue weighted by molar-refractivity contribution is -0.136. The highest BCUT2D eigenvalue weighted by molar-refractivity contribution is 5.83. The number of halogens is 3. The molecule has 3 nitrogen and oxygen atoms in total. The van der Waals surface area contributed by atoms with Crippen LogP contribution in [-0.2, 0) is 12.6 Å². The van der Waals surface area contributed by atoms with E-state index in [2.05, 4.69) is 4.98 Å². The quantitative estimate of drug-likeness (QED) is 0.708. The van der Waals surface area contributed by atoms with Crippen molar-refractivity contribution >= 4 is 16.6 Å². The number of aromatic nitrogens is 1. The molecule has 0 atom stereocenters. The van der Waals surface area contributed by atoms with E-state index in [1.165, 1.54) is 12.1 Å². The average Bonchev–Trinajstić information content (AvgIpc) is 2.48. The number of nitrogens with one attached hydrogen (secondary N) is 1. The van der Waals surface area contributed by atoms with Gasteiger partial charge in [0, 0.05) is 22.7 Å². The van der Waals surface area contributed by atoms with Crippen LogP contribution in [0.1, 0.15) is 16.7 Å². The molecule has 0 saturated heterocycles. The summed E-state index contributed by atoms with van der Waals surface area (Å²) in [6, 6.07) is 12.4. The molecule has 0 radical (unpaired) electrons. The Morgan fingerprint density at radius 3 is 2.26 bits per heavy atom. The average molecular weight is 318 g/mol. The maximum atomic E-state index is 13.1. The Morgan fingerprint density at radius 1 is 0.957 bits per heavy atom. The Hall–Kier alpha value is -2.76. The molecule has 1 heterocycles. The Balaban J connectivity index is 2.09. The van der Waals surface area contributed by atoms with Gasteiger partial charge in [0.05, 0.1) is 5.56 Å². The maximum absolute atomic E-state index is 13.1. The first-order chi connectivity index (χ1) is 10.8. The smallest absolute Gasteiger partial charge is 0.399 e. The van der Waals surface area contributed by atoms with E-state index in [1.54, 1.807) is 18.2 Å². The van der Waals surface area contributed by atoms with E-state index in [1.807, 2.05) is 12.1 Å². The lowest BCUT2D eigenvalue weighted by atomic mass is 10.0. The molecule has 0 unspecified atom stereocenters. The van der Waals surface area contributed by atoms with Crippen LogP contribution in [0.3, 0.4) is 0 Å². The molecule has 6 heteroatoms. The lowest BCUT2D eigenvalue weighted by Gasteiger charge is -2.11. The molecule has 118 valence electrons. The van der Waals surface area contributed by atoms with Gasteiger partial charge in [-0.3, -0.25) is 4.79 Å². The zero-order chi connectivity index (χ0) is 16.6. The zero-order valence-electron chi connectivity index (χ0n) is 11.9. The van der Waals surface area contributed by atoms with Gasteiger partial charge >= 0.3 is 6.18 Å². The molecule has 23 heavy (non-hydrogen) atoms. The third-order valence-electron chi connectivity index (χ3n) is 3.60. The van der Waals surface area contributed by atoms with E-state index in [-0.39, 0.29) is 10.9 Å². The Bertz CT molecular complexity index is 912. The molecule has 0 bridgehead atoms. The number of H-pyrrole nitrogens is 1. The molecule has 3 N–H and O–H groups in total. The van der Waals surface area contributed by atoms with E-state index in [9.17, 15) is 18.0 Å². The number of hydrogen-bond acceptors (Lipinski definition) is 2. The van der Waals surface area contributed by atoms with Gasteiger partial charge in [0.2, 0.25) is 5.56 Å². The van der Waals surface area contributed by atoms with Crippen molar-refractivity contribution in [1.29, 1.82) is 0 Å². The van der Waals surface area contributed by atoms with Gasteiger partial charge in [0.25, 0.3) is 0 Å². The predicted octanol–water partition coefficient (Wildman–Crippen LogP) is 3.72. The van der Waals surface area contributed by atoms with Gasteiger partial charge in [-0.25, -0.2) is 0 Å². The van der Waals surface area contributed by atoms with Gasteiger partial charge in [0.1, 0.15) is 0 Å². The SMILES string of the molecule is Nc1ccc(Cc2ccc3[nH]c(=O)cc(C(F)(F)F)c3c2)cc1. The number of anilines is 1. The number of aromatic amines is 1. The first kappa shape index (κ1) is 15.1. The van der Waals surface area contributed by atoms with E-state index >= 15 is 0 Å². The van der Waals surface area contributed by atoms with Gasteiger partial charge in [-0.05, 0) is 41.8 Å². The molecule has 0 amide bonds. The van der Waals surface area contributed by atoms with Gasteiger partial charge in [-0.1, -0.05) is 18.2 Å². The van der Waals surface area contributed by atoms with E-state index in [0.717, 1.165) is 11.1 Å². The summed E-state index contributed by atoms with van der Waals surface area (Å²) in [7, 11) is 0. The van der Waals surface area contributed by atoms with Crippen LogP contribution >= 0.6 is 0 Å². The normalized spacial score (nSPS) is 11.8. The summed E-state index contributed by atoms with van der Waals surface area (Å²) in [4.78, 5) is 13.8. The number of benzene rings is 2. The molecule has 0 aliphatic heterocycles.